The molecule has 6 heteroatoms. The average Bonchev–Trinajstić information content (AvgIpc) is 2.03. The number of carbonyl (C=O) groups excluding carboxylic acids is 1. The van der Waals surface area contributed by atoms with Crippen molar-refractivity contribution in [2.45, 2.75) is 19.4 Å². The molecular formula is C6H12N2O4. The van der Waals surface area contributed by atoms with Crippen molar-refractivity contribution in [1.82, 2.24) is 0 Å². The Labute approximate surface area is 70.3 Å². The van der Waals surface area contributed by atoms with E-state index >= 15 is 0 Å². The lowest BCUT2D eigenvalue weighted by molar-refractivity contribution is -0.612. The maximum atomic E-state index is 11.0. The van der Waals surface area contributed by atoms with E-state index in [9.17, 15) is 10.0 Å². The first kappa shape index (κ1) is 10.7. The van der Waals surface area contributed by atoms with E-state index in [-0.39, 0.29) is 4.86 Å². The topological polar surface area (TPSA) is 74.0 Å². The second kappa shape index (κ2) is 3.89. The van der Waals surface area contributed by atoms with E-state index in [4.69, 9.17) is 0 Å². The summed E-state index contributed by atoms with van der Waals surface area (Å²) in [5, 5.41) is 14.0. The number of esters is 1. The number of ether oxygens (including phenoxy) is 1. The molecule has 0 heterocycles. The Bertz CT molecular complexity index is 200. The molecule has 0 unspecified atom stereocenters. The zero-order chi connectivity index (χ0) is 9.78. The van der Waals surface area contributed by atoms with Crippen molar-refractivity contribution in [2.24, 2.45) is 5.28 Å². The van der Waals surface area contributed by atoms with E-state index in [0.29, 0.717) is 0 Å². The second-order valence-corrected chi connectivity index (χ2v) is 2.59. The van der Waals surface area contributed by atoms with Crippen molar-refractivity contribution < 1.29 is 19.2 Å². The highest BCUT2D eigenvalue weighted by atomic mass is 16.7. The molecule has 0 aromatic carbocycles. The third-order valence-electron chi connectivity index (χ3n) is 1.32. The van der Waals surface area contributed by atoms with Gasteiger partial charge in [-0.2, -0.15) is 0 Å². The Kier molecular flexibility index (Phi) is 3.46. The van der Waals surface area contributed by atoms with Gasteiger partial charge in [-0.1, -0.05) is 0 Å². The van der Waals surface area contributed by atoms with E-state index in [1.54, 1.807) is 0 Å². The van der Waals surface area contributed by atoms with Crippen LogP contribution in [0.4, 0.5) is 0 Å². The number of carbonyl (C=O) groups is 1. The van der Waals surface area contributed by atoms with Gasteiger partial charge in [0.2, 0.25) is 5.28 Å². The molecule has 0 aliphatic heterocycles. The molecule has 0 amide bonds. The molecule has 0 aliphatic rings. The summed E-state index contributed by atoms with van der Waals surface area (Å²) in [4.78, 5) is 15.3. The summed E-state index contributed by atoms with van der Waals surface area (Å²) < 4.78 is 4.39. The lowest BCUT2D eigenvalue weighted by Crippen LogP contribution is -2.41. The summed E-state index contributed by atoms with van der Waals surface area (Å²) >= 11 is 0. The first-order valence-electron chi connectivity index (χ1n) is 3.26. The third-order valence-corrected chi connectivity index (χ3v) is 1.32. The lowest BCUT2D eigenvalue weighted by Gasteiger charge is -2.16. The van der Waals surface area contributed by atoms with Gasteiger partial charge in [0.1, 0.15) is 7.11 Å². The zero-order valence-electron chi connectivity index (χ0n) is 7.53. The molecule has 0 saturated carbocycles. The van der Waals surface area contributed by atoms with Crippen molar-refractivity contribution in [3.63, 3.8) is 0 Å². The predicted octanol–water partition coefficient (Wildman–Crippen LogP) is 0.462. The SMILES string of the molecule is CO/N=[N+](\[O-])C(C)(C)C(=O)OC. The molecule has 0 rings (SSSR count). The van der Waals surface area contributed by atoms with Crippen molar-refractivity contribution in [2.75, 3.05) is 14.2 Å². The van der Waals surface area contributed by atoms with Crippen molar-refractivity contribution in [3.05, 3.63) is 5.21 Å². The van der Waals surface area contributed by atoms with Gasteiger partial charge in [0.15, 0.2) is 0 Å². The first-order valence-corrected chi connectivity index (χ1v) is 3.26. The second-order valence-electron chi connectivity index (χ2n) is 2.59. The lowest BCUT2D eigenvalue weighted by atomic mass is 10.1. The Balaban J connectivity index is 4.60. The van der Waals surface area contributed by atoms with Gasteiger partial charge in [-0.15, -0.1) is 0 Å². The van der Waals surface area contributed by atoms with E-state index in [0.717, 1.165) is 0 Å². The van der Waals surface area contributed by atoms with Gasteiger partial charge in [0.25, 0.3) is 5.54 Å². The highest BCUT2D eigenvalue weighted by molar-refractivity contribution is 5.77. The van der Waals surface area contributed by atoms with Crippen LogP contribution in [-0.4, -0.2) is 30.6 Å². The van der Waals surface area contributed by atoms with Gasteiger partial charge in [-0.3, -0.25) is 0 Å². The van der Waals surface area contributed by atoms with E-state index in [1.807, 2.05) is 0 Å². The van der Waals surface area contributed by atoms with E-state index in [1.165, 1.54) is 28.1 Å². The van der Waals surface area contributed by atoms with Crippen LogP contribution < -0.4 is 0 Å². The van der Waals surface area contributed by atoms with Crippen LogP contribution in [0.3, 0.4) is 0 Å². The van der Waals surface area contributed by atoms with Gasteiger partial charge in [0, 0.05) is 13.8 Å². The molecule has 0 atom stereocenters. The van der Waals surface area contributed by atoms with Crippen LogP contribution in [-0.2, 0) is 14.4 Å². The van der Waals surface area contributed by atoms with Gasteiger partial charge < -0.3 is 14.8 Å². The predicted molar refractivity (Wildman–Crippen MR) is 39.2 cm³/mol. The molecule has 0 fully saturated rings. The van der Waals surface area contributed by atoms with Crippen molar-refractivity contribution >= 4 is 5.97 Å². The number of rotatable bonds is 3. The molecular weight excluding hydrogens is 164 g/mol. The summed E-state index contributed by atoms with van der Waals surface area (Å²) in [6, 6.07) is 0. The molecule has 0 bridgehead atoms. The maximum absolute atomic E-state index is 11.0. The van der Waals surface area contributed by atoms with Crippen molar-refractivity contribution in [1.29, 1.82) is 0 Å². The maximum Gasteiger partial charge on any atom is 0.381 e. The highest BCUT2D eigenvalue weighted by Gasteiger charge is 2.40. The standard InChI is InChI=1S/C6H12N2O4/c1-6(2,5(9)11-3)8(10)7-12-4/h1-4H3/b8-7-. The zero-order valence-corrected chi connectivity index (χ0v) is 7.53. The fraction of sp³-hybridized carbons (Fsp3) is 0.833. The van der Waals surface area contributed by atoms with Crippen LogP contribution in [0.25, 0.3) is 0 Å². The largest absolute Gasteiger partial charge is 0.596 e. The minimum absolute atomic E-state index is 0.152. The highest BCUT2D eigenvalue weighted by Crippen LogP contribution is 2.10. The number of hydrogen-bond donors (Lipinski definition) is 0. The number of methoxy groups -OCH3 is 1. The van der Waals surface area contributed by atoms with Crippen molar-refractivity contribution in [3.8, 4) is 0 Å². The summed E-state index contributed by atoms with van der Waals surface area (Å²) in [5.41, 5.74) is -1.36. The Morgan fingerprint density at radius 3 is 2.33 bits per heavy atom. The van der Waals surface area contributed by atoms with E-state index < -0.39 is 11.5 Å². The summed E-state index contributed by atoms with van der Waals surface area (Å²) in [6.45, 7) is 2.77. The molecule has 0 N–H and O–H groups in total. The Morgan fingerprint density at radius 1 is 1.50 bits per heavy atom. The average molecular weight is 176 g/mol. The van der Waals surface area contributed by atoms with Crippen LogP contribution >= 0.6 is 0 Å². The third kappa shape index (κ3) is 2.08. The smallest absolute Gasteiger partial charge is 0.381 e. The van der Waals surface area contributed by atoms with E-state index in [2.05, 4.69) is 14.9 Å². The molecule has 0 aromatic heterocycles. The van der Waals surface area contributed by atoms with Gasteiger partial charge >= 0.3 is 5.97 Å². The number of hydroxylamine groups is 1. The number of hydrogen-bond acceptors (Lipinski definition) is 5. The monoisotopic (exact) mass is 176 g/mol. The Morgan fingerprint density at radius 2 is 2.00 bits per heavy atom. The fourth-order valence-electron chi connectivity index (χ4n) is 0.504. The summed E-state index contributed by atoms with van der Waals surface area (Å²) in [7, 11) is 2.42. The van der Waals surface area contributed by atoms with Crippen LogP contribution in [0.5, 0.6) is 0 Å². The van der Waals surface area contributed by atoms with Gasteiger partial charge in [-0.25, -0.2) is 4.79 Å². The molecule has 12 heavy (non-hydrogen) atoms. The first-order chi connectivity index (χ1) is 5.46. The molecule has 0 radical (unpaired) electrons. The van der Waals surface area contributed by atoms with Crippen LogP contribution in [0, 0.1) is 5.21 Å². The quantitative estimate of drug-likeness (QED) is 0.271. The Hall–Kier alpha value is -1.33. The van der Waals surface area contributed by atoms with Crippen LogP contribution in [0.2, 0.25) is 0 Å². The normalized spacial score (nSPS) is 12.5. The molecule has 70 valence electrons. The fourth-order valence-corrected chi connectivity index (χ4v) is 0.504. The summed E-state index contributed by atoms with van der Waals surface area (Å²) in [6.07, 6.45) is 0. The van der Waals surface area contributed by atoms with Crippen LogP contribution in [0.1, 0.15) is 13.8 Å². The molecule has 0 aliphatic carbocycles. The number of nitrogens with zero attached hydrogens (tertiary/aromatic N) is 2. The molecule has 0 spiro atoms. The van der Waals surface area contributed by atoms with Gasteiger partial charge in [0.05, 0.1) is 7.11 Å². The van der Waals surface area contributed by atoms with Crippen LogP contribution in [0.15, 0.2) is 5.28 Å². The molecule has 0 aromatic rings. The molecule has 0 saturated heterocycles. The van der Waals surface area contributed by atoms with Gasteiger partial charge in [-0.05, 0) is 4.86 Å². The molecule has 6 nitrogen and oxygen atoms in total. The summed E-state index contributed by atoms with van der Waals surface area (Å²) in [5.74, 6) is -0.668. The minimum Gasteiger partial charge on any atom is -0.596 e. The minimum atomic E-state index is -1.36.